The van der Waals surface area contributed by atoms with Gasteiger partial charge in [0.1, 0.15) is 11.6 Å². The third-order valence-corrected chi connectivity index (χ3v) is 3.15. The Morgan fingerprint density at radius 3 is 2.78 bits per heavy atom. The highest BCUT2D eigenvalue weighted by Gasteiger charge is 2.07. The Labute approximate surface area is 133 Å². The van der Waals surface area contributed by atoms with Crippen molar-refractivity contribution in [2.45, 2.75) is 13.0 Å². The number of nitrogens with one attached hydrogen (secondary N) is 2. The molecule has 4 N–H and O–H groups in total. The number of nitrogens with two attached hydrogens (primary N) is 1. The summed E-state index contributed by atoms with van der Waals surface area (Å²) in [5.41, 5.74) is 6.03. The van der Waals surface area contributed by atoms with Crippen LogP contribution in [0, 0.1) is 5.82 Å². The van der Waals surface area contributed by atoms with Crippen LogP contribution in [-0.2, 0) is 13.0 Å². The minimum atomic E-state index is -0.603. The summed E-state index contributed by atoms with van der Waals surface area (Å²) in [5.74, 6) is 0.433. The van der Waals surface area contributed by atoms with Crippen molar-refractivity contribution in [1.82, 2.24) is 10.6 Å². The number of primary amides is 1. The number of aliphatic imine (C=N–C) groups is 1. The van der Waals surface area contributed by atoms with E-state index in [4.69, 9.17) is 10.2 Å². The Bertz CT molecular complexity index is 697. The molecule has 1 aromatic carbocycles. The fourth-order valence-corrected chi connectivity index (χ4v) is 2.01. The first-order valence-electron chi connectivity index (χ1n) is 7.16. The number of rotatable bonds is 6. The van der Waals surface area contributed by atoms with Crippen LogP contribution in [0.4, 0.5) is 4.39 Å². The predicted octanol–water partition coefficient (Wildman–Crippen LogP) is 1.43. The zero-order valence-corrected chi connectivity index (χ0v) is 12.8. The van der Waals surface area contributed by atoms with E-state index in [2.05, 4.69) is 15.6 Å². The zero-order chi connectivity index (χ0) is 16.7. The predicted molar refractivity (Wildman–Crippen MR) is 85.5 cm³/mol. The maximum atomic E-state index is 13.1. The fraction of sp³-hybridized carbons (Fsp3) is 0.250. The molecule has 0 aliphatic heterocycles. The van der Waals surface area contributed by atoms with E-state index < -0.39 is 5.91 Å². The van der Waals surface area contributed by atoms with E-state index in [0.29, 0.717) is 31.2 Å². The number of hydrogen-bond donors (Lipinski definition) is 3. The molecular formula is C16H19FN4O2. The summed E-state index contributed by atoms with van der Waals surface area (Å²) in [7, 11) is 1.65. The second-order valence-corrected chi connectivity index (χ2v) is 4.86. The summed E-state index contributed by atoms with van der Waals surface area (Å²) in [6, 6.07) is 9.68. The van der Waals surface area contributed by atoms with Gasteiger partial charge in [0.2, 0.25) is 0 Å². The molecule has 6 nitrogen and oxygen atoms in total. The molecule has 0 saturated heterocycles. The van der Waals surface area contributed by atoms with Crippen molar-refractivity contribution in [3.63, 3.8) is 0 Å². The topological polar surface area (TPSA) is 92.6 Å². The van der Waals surface area contributed by atoms with Crippen molar-refractivity contribution in [2.75, 3.05) is 13.6 Å². The van der Waals surface area contributed by atoms with Crippen LogP contribution < -0.4 is 16.4 Å². The van der Waals surface area contributed by atoms with Crippen LogP contribution in [0.15, 0.2) is 45.8 Å². The largest absolute Gasteiger partial charge is 0.454 e. The molecule has 1 amide bonds. The Balaban J connectivity index is 1.78. The molecule has 0 saturated carbocycles. The normalized spacial score (nSPS) is 11.3. The van der Waals surface area contributed by atoms with Gasteiger partial charge in [-0.3, -0.25) is 9.79 Å². The summed E-state index contributed by atoms with van der Waals surface area (Å²) in [6.45, 7) is 0.973. The minimum Gasteiger partial charge on any atom is -0.454 e. The van der Waals surface area contributed by atoms with Gasteiger partial charge in [-0.05, 0) is 36.2 Å². The van der Waals surface area contributed by atoms with Crippen molar-refractivity contribution >= 4 is 11.9 Å². The number of nitrogens with zero attached hydrogens (tertiary/aromatic N) is 1. The first-order valence-corrected chi connectivity index (χ1v) is 7.16. The molecule has 23 heavy (non-hydrogen) atoms. The van der Waals surface area contributed by atoms with E-state index in [-0.39, 0.29) is 11.6 Å². The molecule has 1 heterocycles. The molecule has 0 spiro atoms. The number of guanidine groups is 1. The Morgan fingerprint density at radius 1 is 1.30 bits per heavy atom. The van der Waals surface area contributed by atoms with Gasteiger partial charge in [-0.2, -0.15) is 0 Å². The van der Waals surface area contributed by atoms with Crippen LogP contribution in [0.5, 0.6) is 0 Å². The van der Waals surface area contributed by atoms with Crippen molar-refractivity contribution in [1.29, 1.82) is 0 Å². The maximum Gasteiger partial charge on any atom is 0.284 e. The van der Waals surface area contributed by atoms with Crippen molar-refractivity contribution in [3.05, 3.63) is 59.3 Å². The number of carbonyl (C=O) groups is 1. The van der Waals surface area contributed by atoms with Crippen LogP contribution in [0.1, 0.15) is 21.9 Å². The highest BCUT2D eigenvalue weighted by Crippen LogP contribution is 2.06. The standard InChI is InChI=1S/C16H19FN4O2/c1-19-16(20-8-7-11-3-2-4-12(17)9-11)21-10-13-5-6-14(23-13)15(18)22/h2-6,9H,7-8,10H2,1H3,(H2,18,22)(H2,19,20,21). The molecule has 0 aliphatic carbocycles. The first-order chi connectivity index (χ1) is 11.1. The van der Waals surface area contributed by atoms with Crippen LogP contribution in [-0.4, -0.2) is 25.5 Å². The molecular weight excluding hydrogens is 299 g/mol. The molecule has 1 aromatic heterocycles. The lowest BCUT2D eigenvalue weighted by Crippen LogP contribution is -2.37. The number of halogens is 1. The Morgan fingerprint density at radius 2 is 2.13 bits per heavy atom. The number of furan rings is 1. The summed E-state index contributed by atoms with van der Waals surface area (Å²) < 4.78 is 18.4. The van der Waals surface area contributed by atoms with Gasteiger partial charge in [0.05, 0.1) is 6.54 Å². The average Bonchev–Trinajstić information content (AvgIpc) is 3.00. The van der Waals surface area contributed by atoms with E-state index in [0.717, 1.165) is 5.56 Å². The number of carbonyl (C=O) groups excluding carboxylic acids is 1. The third-order valence-electron chi connectivity index (χ3n) is 3.15. The monoisotopic (exact) mass is 318 g/mol. The molecule has 0 radical (unpaired) electrons. The van der Waals surface area contributed by atoms with Gasteiger partial charge in [0.25, 0.3) is 5.91 Å². The van der Waals surface area contributed by atoms with Gasteiger partial charge in [-0.25, -0.2) is 4.39 Å². The number of hydrogen-bond acceptors (Lipinski definition) is 3. The van der Waals surface area contributed by atoms with Crippen LogP contribution in [0.2, 0.25) is 0 Å². The number of amides is 1. The van der Waals surface area contributed by atoms with E-state index in [9.17, 15) is 9.18 Å². The van der Waals surface area contributed by atoms with Gasteiger partial charge in [0.15, 0.2) is 11.7 Å². The summed E-state index contributed by atoms with van der Waals surface area (Å²) in [4.78, 5) is 15.0. The van der Waals surface area contributed by atoms with Gasteiger partial charge in [-0.1, -0.05) is 12.1 Å². The molecule has 0 aliphatic rings. The van der Waals surface area contributed by atoms with Gasteiger partial charge in [0, 0.05) is 13.6 Å². The highest BCUT2D eigenvalue weighted by atomic mass is 19.1. The molecule has 0 atom stereocenters. The van der Waals surface area contributed by atoms with E-state index in [1.54, 1.807) is 19.2 Å². The average molecular weight is 318 g/mol. The lowest BCUT2D eigenvalue weighted by molar-refractivity contribution is 0.0972. The zero-order valence-electron chi connectivity index (χ0n) is 12.8. The molecule has 7 heteroatoms. The fourth-order valence-electron chi connectivity index (χ4n) is 2.01. The SMILES string of the molecule is CN=C(NCCc1cccc(F)c1)NCc1ccc(C(N)=O)o1. The van der Waals surface area contributed by atoms with E-state index in [1.165, 1.54) is 18.2 Å². The molecule has 0 bridgehead atoms. The molecule has 122 valence electrons. The number of benzene rings is 1. The summed E-state index contributed by atoms with van der Waals surface area (Å²) >= 11 is 0. The minimum absolute atomic E-state index is 0.121. The Kier molecular flexibility index (Phi) is 5.74. The quantitative estimate of drug-likeness (QED) is 0.555. The van der Waals surface area contributed by atoms with Crippen LogP contribution >= 0.6 is 0 Å². The molecule has 0 unspecified atom stereocenters. The smallest absolute Gasteiger partial charge is 0.284 e. The molecule has 2 aromatic rings. The summed E-state index contributed by atoms with van der Waals surface area (Å²) in [5, 5.41) is 6.17. The van der Waals surface area contributed by atoms with Gasteiger partial charge in [-0.15, -0.1) is 0 Å². The van der Waals surface area contributed by atoms with E-state index >= 15 is 0 Å². The summed E-state index contributed by atoms with van der Waals surface area (Å²) in [6.07, 6.45) is 0.672. The Hall–Kier alpha value is -2.83. The van der Waals surface area contributed by atoms with Crippen molar-refractivity contribution in [3.8, 4) is 0 Å². The van der Waals surface area contributed by atoms with Gasteiger partial charge >= 0.3 is 0 Å². The lowest BCUT2D eigenvalue weighted by atomic mass is 10.1. The van der Waals surface area contributed by atoms with E-state index in [1.807, 2.05) is 6.07 Å². The maximum absolute atomic E-state index is 13.1. The second kappa shape index (κ2) is 7.98. The van der Waals surface area contributed by atoms with Crippen LogP contribution in [0.3, 0.4) is 0 Å². The first kappa shape index (κ1) is 16.5. The third kappa shape index (κ3) is 5.14. The molecule has 2 rings (SSSR count). The second-order valence-electron chi connectivity index (χ2n) is 4.86. The van der Waals surface area contributed by atoms with Gasteiger partial charge < -0.3 is 20.8 Å². The van der Waals surface area contributed by atoms with Crippen molar-refractivity contribution < 1.29 is 13.6 Å². The molecule has 0 fully saturated rings. The van der Waals surface area contributed by atoms with Crippen LogP contribution in [0.25, 0.3) is 0 Å². The lowest BCUT2D eigenvalue weighted by Gasteiger charge is -2.11. The highest BCUT2D eigenvalue weighted by molar-refractivity contribution is 5.89. The van der Waals surface area contributed by atoms with Crippen molar-refractivity contribution in [2.24, 2.45) is 10.7 Å².